The fourth-order valence-corrected chi connectivity index (χ4v) is 2.13. The summed E-state index contributed by atoms with van der Waals surface area (Å²) in [5.74, 6) is -0.0638. The van der Waals surface area contributed by atoms with Crippen LogP contribution in [-0.2, 0) is 6.42 Å². The molecule has 0 aliphatic rings. The van der Waals surface area contributed by atoms with Crippen LogP contribution in [0.1, 0.15) is 12.5 Å². The van der Waals surface area contributed by atoms with Gasteiger partial charge in [0.15, 0.2) is 11.6 Å². The third-order valence-corrected chi connectivity index (χ3v) is 3.47. The lowest BCUT2D eigenvalue weighted by Crippen LogP contribution is -2.23. The van der Waals surface area contributed by atoms with Crippen LogP contribution in [0.15, 0.2) is 42.5 Å². The highest BCUT2D eigenvalue weighted by Crippen LogP contribution is 2.25. The van der Waals surface area contributed by atoms with E-state index in [1.807, 2.05) is 25.2 Å². The Morgan fingerprint density at radius 1 is 1.10 bits per heavy atom. The van der Waals surface area contributed by atoms with E-state index in [9.17, 15) is 4.39 Å². The van der Waals surface area contributed by atoms with Gasteiger partial charge in [-0.1, -0.05) is 30.3 Å². The number of hydrogen-bond acceptors (Lipinski definition) is 2. The first kappa shape index (κ1) is 14.5. The van der Waals surface area contributed by atoms with Gasteiger partial charge in [0.05, 0.1) is 7.11 Å². The Hall–Kier alpha value is -1.87. The second-order valence-electron chi connectivity index (χ2n) is 4.94. The van der Waals surface area contributed by atoms with Crippen molar-refractivity contribution in [2.45, 2.75) is 19.4 Å². The molecule has 0 bridgehead atoms. The van der Waals surface area contributed by atoms with Crippen molar-refractivity contribution in [1.29, 1.82) is 0 Å². The normalized spacial score (nSPS) is 12.2. The van der Waals surface area contributed by atoms with Crippen LogP contribution < -0.4 is 10.1 Å². The van der Waals surface area contributed by atoms with Gasteiger partial charge in [0.25, 0.3) is 0 Å². The van der Waals surface area contributed by atoms with Crippen LogP contribution in [0.2, 0.25) is 0 Å². The third kappa shape index (κ3) is 3.36. The van der Waals surface area contributed by atoms with Crippen molar-refractivity contribution >= 4 is 0 Å². The molecule has 0 radical (unpaired) electrons. The number of likely N-dealkylation sites (N-methyl/N-ethyl adjacent to an activating group) is 1. The molecule has 2 rings (SSSR count). The minimum Gasteiger partial charge on any atom is -0.494 e. The molecule has 0 fully saturated rings. The summed E-state index contributed by atoms with van der Waals surface area (Å²) >= 11 is 0. The zero-order valence-electron chi connectivity index (χ0n) is 12.1. The van der Waals surface area contributed by atoms with Gasteiger partial charge in [-0.25, -0.2) is 4.39 Å². The number of hydrogen-bond donors (Lipinski definition) is 1. The topological polar surface area (TPSA) is 21.3 Å². The number of rotatable bonds is 5. The molecule has 0 aliphatic heterocycles. The van der Waals surface area contributed by atoms with Crippen LogP contribution in [-0.4, -0.2) is 20.2 Å². The smallest absolute Gasteiger partial charge is 0.165 e. The minimum absolute atomic E-state index is 0.271. The van der Waals surface area contributed by atoms with Crippen LogP contribution >= 0.6 is 0 Å². The molecule has 2 aromatic carbocycles. The molecule has 1 N–H and O–H groups in total. The zero-order valence-corrected chi connectivity index (χ0v) is 12.1. The second kappa shape index (κ2) is 6.53. The van der Waals surface area contributed by atoms with Crippen LogP contribution in [0.25, 0.3) is 11.1 Å². The SMILES string of the molecule is CNC(C)Cc1ccc(-c2ccc(OC)c(F)c2)cc1. The van der Waals surface area contributed by atoms with Gasteiger partial charge in [-0.15, -0.1) is 0 Å². The lowest BCUT2D eigenvalue weighted by atomic mass is 10.0. The fourth-order valence-electron chi connectivity index (χ4n) is 2.13. The van der Waals surface area contributed by atoms with E-state index < -0.39 is 0 Å². The third-order valence-electron chi connectivity index (χ3n) is 3.47. The van der Waals surface area contributed by atoms with E-state index in [1.165, 1.54) is 18.7 Å². The lowest BCUT2D eigenvalue weighted by Gasteiger charge is -2.11. The van der Waals surface area contributed by atoms with Crippen molar-refractivity contribution in [2.24, 2.45) is 0 Å². The highest BCUT2D eigenvalue weighted by Gasteiger charge is 2.06. The summed E-state index contributed by atoms with van der Waals surface area (Å²) in [7, 11) is 3.43. The number of methoxy groups -OCH3 is 1. The van der Waals surface area contributed by atoms with Gasteiger partial charge in [-0.3, -0.25) is 0 Å². The van der Waals surface area contributed by atoms with Gasteiger partial charge < -0.3 is 10.1 Å². The molecule has 1 unspecified atom stereocenters. The molecule has 2 aromatic rings. The number of halogens is 1. The lowest BCUT2D eigenvalue weighted by molar-refractivity contribution is 0.386. The molecule has 0 aromatic heterocycles. The summed E-state index contributed by atoms with van der Waals surface area (Å²) in [6, 6.07) is 13.7. The molecule has 2 nitrogen and oxygen atoms in total. The molecule has 0 amide bonds. The molecule has 106 valence electrons. The molecule has 0 spiro atoms. The summed E-state index contributed by atoms with van der Waals surface area (Å²) in [6.07, 6.45) is 0.980. The quantitative estimate of drug-likeness (QED) is 0.897. The van der Waals surface area contributed by atoms with Gasteiger partial charge in [-0.05, 0) is 49.2 Å². The molecule has 0 saturated heterocycles. The van der Waals surface area contributed by atoms with Crippen LogP contribution in [0, 0.1) is 5.82 Å². The summed E-state index contributed by atoms with van der Waals surface area (Å²) in [5.41, 5.74) is 3.13. The van der Waals surface area contributed by atoms with E-state index in [-0.39, 0.29) is 11.6 Å². The van der Waals surface area contributed by atoms with E-state index in [1.54, 1.807) is 6.07 Å². The first-order valence-electron chi connectivity index (χ1n) is 6.74. The number of nitrogens with one attached hydrogen (secondary N) is 1. The zero-order chi connectivity index (χ0) is 14.5. The van der Waals surface area contributed by atoms with Crippen molar-refractivity contribution in [2.75, 3.05) is 14.2 Å². The average molecular weight is 273 g/mol. The molecule has 3 heteroatoms. The van der Waals surface area contributed by atoms with E-state index in [2.05, 4.69) is 24.4 Å². The van der Waals surface area contributed by atoms with E-state index in [0.29, 0.717) is 6.04 Å². The monoisotopic (exact) mass is 273 g/mol. The predicted octanol–water partition coefficient (Wildman–Crippen LogP) is 3.65. The average Bonchev–Trinajstić information content (AvgIpc) is 2.47. The summed E-state index contributed by atoms with van der Waals surface area (Å²) in [4.78, 5) is 0. The van der Waals surface area contributed by atoms with Crippen molar-refractivity contribution in [3.05, 3.63) is 53.8 Å². The maximum absolute atomic E-state index is 13.7. The van der Waals surface area contributed by atoms with E-state index in [4.69, 9.17) is 4.74 Å². The first-order valence-corrected chi connectivity index (χ1v) is 6.74. The highest BCUT2D eigenvalue weighted by molar-refractivity contribution is 5.64. The Balaban J connectivity index is 2.19. The summed E-state index contributed by atoms with van der Waals surface area (Å²) < 4.78 is 18.6. The Labute approximate surface area is 119 Å². The molecular weight excluding hydrogens is 253 g/mol. The van der Waals surface area contributed by atoms with Crippen molar-refractivity contribution in [3.63, 3.8) is 0 Å². The molecule has 0 saturated carbocycles. The minimum atomic E-state index is -0.335. The molecule has 1 atom stereocenters. The standard InChI is InChI=1S/C17H20FNO/c1-12(19-2)10-13-4-6-14(7-5-13)15-8-9-17(20-3)16(18)11-15/h4-9,11-12,19H,10H2,1-3H3. The Bertz CT molecular complexity index is 566. The fraction of sp³-hybridized carbons (Fsp3) is 0.294. The van der Waals surface area contributed by atoms with Gasteiger partial charge in [0.1, 0.15) is 0 Å². The Kier molecular flexibility index (Phi) is 4.74. The molecule has 0 aliphatic carbocycles. The van der Waals surface area contributed by atoms with Gasteiger partial charge in [-0.2, -0.15) is 0 Å². The van der Waals surface area contributed by atoms with Crippen LogP contribution in [0.4, 0.5) is 4.39 Å². The first-order chi connectivity index (χ1) is 9.63. The van der Waals surface area contributed by atoms with Gasteiger partial charge in [0, 0.05) is 6.04 Å². The molecular formula is C17H20FNO. The van der Waals surface area contributed by atoms with Crippen molar-refractivity contribution in [1.82, 2.24) is 5.32 Å². The Morgan fingerprint density at radius 3 is 2.30 bits per heavy atom. The molecule has 0 heterocycles. The van der Waals surface area contributed by atoms with Crippen molar-refractivity contribution < 1.29 is 9.13 Å². The molecule has 20 heavy (non-hydrogen) atoms. The highest BCUT2D eigenvalue weighted by atomic mass is 19.1. The Morgan fingerprint density at radius 2 is 1.75 bits per heavy atom. The summed E-state index contributed by atoms with van der Waals surface area (Å²) in [6.45, 7) is 2.15. The van der Waals surface area contributed by atoms with Gasteiger partial charge >= 0.3 is 0 Å². The largest absolute Gasteiger partial charge is 0.494 e. The van der Waals surface area contributed by atoms with Crippen LogP contribution in [0.3, 0.4) is 0 Å². The van der Waals surface area contributed by atoms with E-state index in [0.717, 1.165) is 17.5 Å². The maximum atomic E-state index is 13.7. The van der Waals surface area contributed by atoms with Crippen molar-refractivity contribution in [3.8, 4) is 16.9 Å². The second-order valence-corrected chi connectivity index (χ2v) is 4.94. The van der Waals surface area contributed by atoms with Crippen LogP contribution in [0.5, 0.6) is 5.75 Å². The number of benzene rings is 2. The number of ether oxygens (including phenoxy) is 1. The summed E-state index contributed by atoms with van der Waals surface area (Å²) in [5, 5.41) is 3.22. The predicted molar refractivity (Wildman–Crippen MR) is 80.6 cm³/mol. The maximum Gasteiger partial charge on any atom is 0.165 e. The van der Waals surface area contributed by atoms with E-state index >= 15 is 0 Å². The van der Waals surface area contributed by atoms with Gasteiger partial charge in [0.2, 0.25) is 0 Å².